The molecule has 1 saturated heterocycles. The van der Waals surface area contributed by atoms with Crippen LogP contribution in [-0.2, 0) is 17.8 Å². The molecular weight excluding hydrogens is 593 g/mol. The number of aromatic nitrogens is 2. The van der Waals surface area contributed by atoms with Gasteiger partial charge in [-0.25, -0.2) is 11.0 Å². The second-order valence-corrected chi connectivity index (χ2v) is 13.1. The van der Waals surface area contributed by atoms with Gasteiger partial charge in [0.25, 0.3) is 5.91 Å². The molecule has 0 unspecified atom stereocenters. The lowest BCUT2D eigenvalue weighted by molar-refractivity contribution is -0.131. The zero-order valence-corrected chi connectivity index (χ0v) is 26.9. The predicted octanol–water partition coefficient (Wildman–Crippen LogP) is 5.37. The number of halogens is 2. The van der Waals surface area contributed by atoms with E-state index in [0.717, 1.165) is 52.9 Å². The summed E-state index contributed by atoms with van der Waals surface area (Å²) in [6.07, 6.45) is 2.88. The first-order valence-corrected chi connectivity index (χ1v) is 15.8. The number of amides is 1. The normalized spacial score (nSPS) is 19.7. The highest BCUT2D eigenvalue weighted by Gasteiger charge is 2.49. The van der Waals surface area contributed by atoms with Gasteiger partial charge in [0.1, 0.15) is 11.9 Å². The number of carbonyl (C=O) groups is 1. The molecule has 2 aromatic carbocycles. The number of hydrogen-bond acceptors (Lipinski definition) is 7. The molecule has 0 radical (unpaired) electrons. The van der Waals surface area contributed by atoms with E-state index in [1.54, 1.807) is 0 Å². The van der Waals surface area contributed by atoms with Gasteiger partial charge in [-0.1, -0.05) is 42.4 Å². The Hall–Kier alpha value is -3.94. The third-order valence-electron chi connectivity index (χ3n) is 9.81. The molecule has 6 rings (SSSR count). The number of carbonyl (C=O) groups excluding carboxylic acids is 1. The SMILES string of the molecule is [C-]#[N+]C[C@H]1CN(c2nc(OCC3([C@H](C)N(C)C)CC3)nc3c2CCN(c2cccc4cccc(Cl)c24)C3)CCN1C(=O)C(=C)F. The number of rotatable bonds is 9. The van der Waals surface area contributed by atoms with Gasteiger partial charge in [0.15, 0.2) is 5.83 Å². The fourth-order valence-corrected chi connectivity index (χ4v) is 7.07. The van der Waals surface area contributed by atoms with E-state index in [4.69, 9.17) is 32.9 Å². The van der Waals surface area contributed by atoms with E-state index in [1.165, 1.54) is 4.90 Å². The fraction of sp³-hybridized carbons (Fsp3) is 0.471. The molecule has 1 amide bonds. The van der Waals surface area contributed by atoms with Crippen LogP contribution in [0.4, 0.5) is 15.9 Å². The van der Waals surface area contributed by atoms with Crippen molar-refractivity contribution in [1.82, 2.24) is 19.8 Å². The van der Waals surface area contributed by atoms with Gasteiger partial charge in [-0.2, -0.15) is 9.97 Å². The summed E-state index contributed by atoms with van der Waals surface area (Å²) < 4.78 is 20.3. The van der Waals surface area contributed by atoms with Crippen molar-refractivity contribution in [2.75, 3.05) is 63.2 Å². The van der Waals surface area contributed by atoms with E-state index in [1.807, 2.05) is 12.1 Å². The van der Waals surface area contributed by atoms with Crippen LogP contribution >= 0.6 is 11.6 Å². The van der Waals surface area contributed by atoms with Gasteiger partial charge in [-0.3, -0.25) is 4.79 Å². The first-order valence-electron chi connectivity index (χ1n) is 15.5. The second kappa shape index (κ2) is 12.5. The fourth-order valence-electron chi connectivity index (χ4n) is 6.79. The Morgan fingerprint density at radius 3 is 2.64 bits per heavy atom. The molecule has 2 fully saturated rings. The largest absolute Gasteiger partial charge is 0.463 e. The molecule has 11 heteroatoms. The molecule has 3 heterocycles. The van der Waals surface area contributed by atoms with Gasteiger partial charge in [0.05, 0.1) is 23.9 Å². The highest BCUT2D eigenvalue weighted by atomic mass is 35.5. The van der Waals surface area contributed by atoms with Crippen molar-refractivity contribution in [1.29, 1.82) is 0 Å². The summed E-state index contributed by atoms with van der Waals surface area (Å²) >= 11 is 6.70. The molecule has 236 valence electrons. The quantitative estimate of drug-likeness (QED) is 0.232. The first-order chi connectivity index (χ1) is 21.6. The summed E-state index contributed by atoms with van der Waals surface area (Å²) in [6.45, 7) is 15.8. The second-order valence-electron chi connectivity index (χ2n) is 12.7. The van der Waals surface area contributed by atoms with Crippen LogP contribution in [0, 0.1) is 12.0 Å². The summed E-state index contributed by atoms with van der Waals surface area (Å²) in [5, 5.41) is 2.80. The van der Waals surface area contributed by atoms with Crippen LogP contribution in [0.1, 0.15) is 31.0 Å². The molecular formula is C34H39ClFN7O2. The Morgan fingerprint density at radius 1 is 1.20 bits per heavy atom. The number of piperazine rings is 1. The van der Waals surface area contributed by atoms with E-state index in [-0.39, 0.29) is 18.5 Å². The van der Waals surface area contributed by atoms with E-state index in [0.29, 0.717) is 49.7 Å². The summed E-state index contributed by atoms with van der Waals surface area (Å²) in [7, 11) is 4.18. The average molecular weight is 632 g/mol. The summed E-state index contributed by atoms with van der Waals surface area (Å²) in [5.74, 6) is -1.01. The predicted molar refractivity (Wildman–Crippen MR) is 175 cm³/mol. The Kier molecular flexibility index (Phi) is 8.59. The van der Waals surface area contributed by atoms with Crippen LogP contribution in [0.5, 0.6) is 6.01 Å². The third-order valence-corrected chi connectivity index (χ3v) is 10.1. The van der Waals surface area contributed by atoms with Crippen LogP contribution in [0.2, 0.25) is 5.02 Å². The Balaban J connectivity index is 1.34. The highest BCUT2D eigenvalue weighted by Crippen LogP contribution is 2.50. The van der Waals surface area contributed by atoms with Crippen LogP contribution in [-0.4, -0.2) is 91.2 Å². The molecule has 0 bridgehead atoms. The van der Waals surface area contributed by atoms with Crippen molar-refractivity contribution in [2.45, 2.75) is 44.8 Å². The maximum atomic E-state index is 13.9. The van der Waals surface area contributed by atoms with E-state index < -0.39 is 17.8 Å². The van der Waals surface area contributed by atoms with E-state index >= 15 is 0 Å². The van der Waals surface area contributed by atoms with E-state index in [9.17, 15) is 9.18 Å². The van der Waals surface area contributed by atoms with Gasteiger partial charge in [-0.15, -0.1) is 0 Å². The molecule has 0 spiro atoms. The Morgan fingerprint density at radius 2 is 1.96 bits per heavy atom. The minimum atomic E-state index is -1.01. The number of hydrogen-bond donors (Lipinski definition) is 0. The molecule has 9 nitrogen and oxygen atoms in total. The maximum Gasteiger partial charge on any atom is 0.318 e. The average Bonchev–Trinajstić information content (AvgIpc) is 3.83. The molecule has 2 atom stereocenters. The van der Waals surface area contributed by atoms with Crippen molar-refractivity contribution in [3.8, 4) is 6.01 Å². The van der Waals surface area contributed by atoms with Crippen LogP contribution in [0.15, 0.2) is 48.8 Å². The minimum Gasteiger partial charge on any atom is -0.463 e. The number of nitrogens with zero attached hydrogens (tertiary/aromatic N) is 7. The summed E-state index contributed by atoms with van der Waals surface area (Å²) in [6, 6.07) is 12.4. The number of fused-ring (bicyclic) bond motifs is 2. The Labute approximate surface area is 269 Å². The highest BCUT2D eigenvalue weighted by molar-refractivity contribution is 6.36. The van der Waals surface area contributed by atoms with Crippen LogP contribution in [0.25, 0.3) is 15.6 Å². The van der Waals surface area contributed by atoms with Crippen molar-refractivity contribution in [3.05, 3.63) is 76.5 Å². The van der Waals surface area contributed by atoms with E-state index in [2.05, 4.69) is 71.4 Å². The summed E-state index contributed by atoms with van der Waals surface area (Å²) in [4.78, 5) is 34.1. The third kappa shape index (κ3) is 6.03. The topological polar surface area (TPSA) is 69.4 Å². The minimum absolute atomic E-state index is 0.0622. The molecule has 3 aliphatic rings. The molecule has 1 saturated carbocycles. The lowest BCUT2D eigenvalue weighted by atomic mass is 9.98. The summed E-state index contributed by atoms with van der Waals surface area (Å²) in [5.41, 5.74) is 3.03. The van der Waals surface area contributed by atoms with Crippen molar-refractivity contribution < 1.29 is 13.9 Å². The molecule has 1 aromatic heterocycles. The zero-order chi connectivity index (χ0) is 31.9. The number of anilines is 2. The number of ether oxygens (including phenoxy) is 1. The molecule has 2 aliphatic heterocycles. The lowest BCUT2D eigenvalue weighted by Gasteiger charge is -2.41. The first kappa shape index (κ1) is 31.1. The molecule has 1 aliphatic carbocycles. The molecule has 0 N–H and O–H groups in total. The van der Waals surface area contributed by atoms with Gasteiger partial charge in [0, 0.05) is 54.3 Å². The standard InChI is InChI=1S/C34H39ClFN7O2/c1-22(36)32(44)43-17-16-42(19-25(43)18-37-3)31-26-12-15-41(29-11-7-9-24-8-6-10-27(35)30(24)29)20-28(26)38-33(39-31)45-21-34(13-14-34)23(2)40(4)5/h6-11,23,25H,1,12-21H2,2,4-5H3/t23-,25-/m0/s1. The number of benzene rings is 2. The van der Waals surface area contributed by atoms with Gasteiger partial charge in [0.2, 0.25) is 6.54 Å². The van der Waals surface area contributed by atoms with Gasteiger partial charge in [-0.05, 0) is 57.8 Å². The zero-order valence-electron chi connectivity index (χ0n) is 26.1. The van der Waals surface area contributed by atoms with Gasteiger partial charge >= 0.3 is 6.01 Å². The maximum absolute atomic E-state index is 13.9. The molecule has 3 aromatic rings. The van der Waals surface area contributed by atoms with Crippen molar-refractivity contribution in [3.63, 3.8) is 0 Å². The van der Waals surface area contributed by atoms with Crippen LogP contribution < -0.4 is 14.5 Å². The van der Waals surface area contributed by atoms with Gasteiger partial charge < -0.3 is 29.2 Å². The van der Waals surface area contributed by atoms with Crippen molar-refractivity contribution in [2.24, 2.45) is 5.41 Å². The smallest absolute Gasteiger partial charge is 0.318 e. The monoisotopic (exact) mass is 631 g/mol. The Bertz CT molecular complexity index is 1660. The lowest BCUT2D eigenvalue weighted by Crippen LogP contribution is -2.57. The van der Waals surface area contributed by atoms with Crippen molar-refractivity contribution >= 4 is 39.8 Å². The molecule has 45 heavy (non-hydrogen) atoms. The van der Waals surface area contributed by atoms with Crippen LogP contribution in [0.3, 0.4) is 0 Å².